The zero-order valence-electron chi connectivity index (χ0n) is 10.8. The van der Waals surface area contributed by atoms with Gasteiger partial charge in [-0.1, -0.05) is 11.6 Å². The molecule has 19 heavy (non-hydrogen) atoms. The molecule has 1 saturated heterocycles. The smallest absolute Gasteiger partial charge is 0.306 e. The molecule has 1 aromatic carbocycles. The summed E-state index contributed by atoms with van der Waals surface area (Å²) in [7, 11) is 0. The Bertz CT molecular complexity index is 470. The van der Waals surface area contributed by atoms with E-state index in [1.807, 2.05) is 6.92 Å². The molecule has 1 heterocycles. The number of piperidine rings is 1. The summed E-state index contributed by atoms with van der Waals surface area (Å²) >= 11 is 5.96. The Balaban J connectivity index is 2.07. The van der Waals surface area contributed by atoms with Gasteiger partial charge >= 0.3 is 5.97 Å². The van der Waals surface area contributed by atoms with Gasteiger partial charge in [0.15, 0.2) is 0 Å². The number of nitrogens with zero attached hydrogens (tertiary/aromatic N) is 1. The predicted molar refractivity (Wildman–Crippen MR) is 73.5 cm³/mol. The van der Waals surface area contributed by atoms with Gasteiger partial charge in [-0.3, -0.25) is 9.69 Å². The second-order valence-corrected chi connectivity index (χ2v) is 5.46. The third kappa shape index (κ3) is 3.19. The zero-order chi connectivity index (χ0) is 14.0. The number of benzene rings is 1. The Labute approximate surface area is 117 Å². The Hall–Kier alpha value is -1.26. The maximum Gasteiger partial charge on any atom is 0.306 e. The highest BCUT2D eigenvalue weighted by atomic mass is 35.5. The summed E-state index contributed by atoms with van der Waals surface area (Å²) in [5.41, 5.74) is 0.793. The third-order valence-electron chi connectivity index (χ3n) is 3.87. The molecule has 2 N–H and O–H groups in total. The van der Waals surface area contributed by atoms with E-state index in [4.69, 9.17) is 16.7 Å². The number of hydrogen-bond acceptors (Lipinski definition) is 3. The number of carboxylic acids is 1. The topological polar surface area (TPSA) is 60.8 Å². The molecule has 0 radical (unpaired) electrons. The van der Waals surface area contributed by atoms with E-state index in [1.54, 1.807) is 18.2 Å². The molecule has 2 rings (SSSR count). The number of aromatic hydroxyl groups is 1. The Morgan fingerprint density at radius 1 is 1.42 bits per heavy atom. The van der Waals surface area contributed by atoms with Crippen molar-refractivity contribution < 1.29 is 15.0 Å². The molecular formula is C14H18ClNO3. The lowest BCUT2D eigenvalue weighted by Crippen LogP contribution is -2.37. The highest BCUT2D eigenvalue weighted by Crippen LogP contribution is 2.33. The molecule has 104 valence electrons. The molecule has 1 aromatic rings. The monoisotopic (exact) mass is 283 g/mol. The average Bonchev–Trinajstić information content (AvgIpc) is 2.41. The fourth-order valence-electron chi connectivity index (χ4n) is 2.59. The van der Waals surface area contributed by atoms with Crippen LogP contribution in [0.2, 0.25) is 5.02 Å². The van der Waals surface area contributed by atoms with E-state index in [2.05, 4.69) is 4.90 Å². The van der Waals surface area contributed by atoms with Crippen molar-refractivity contribution in [3.63, 3.8) is 0 Å². The van der Waals surface area contributed by atoms with E-state index >= 15 is 0 Å². The maximum atomic E-state index is 10.9. The Morgan fingerprint density at radius 3 is 2.63 bits per heavy atom. The van der Waals surface area contributed by atoms with Gasteiger partial charge in [0.1, 0.15) is 5.75 Å². The molecule has 1 fully saturated rings. The van der Waals surface area contributed by atoms with E-state index in [0.29, 0.717) is 17.9 Å². The van der Waals surface area contributed by atoms with Crippen LogP contribution < -0.4 is 0 Å². The van der Waals surface area contributed by atoms with Crippen LogP contribution in [-0.4, -0.2) is 34.2 Å². The minimum atomic E-state index is -0.710. The fourth-order valence-corrected chi connectivity index (χ4v) is 2.77. The highest BCUT2D eigenvalue weighted by Gasteiger charge is 2.28. The van der Waals surface area contributed by atoms with E-state index < -0.39 is 5.97 Å². The van der Waals surface area contributed by atoms with Gasteiger partial charge in [0, 0.05) is 16.6 Å². The molecule has 1 unspecified atom stereocenters. The summed E-state index contributed by atoms with van der Waals surface area (Å²) in [5.74, 6) is -0.716. The van der Waals surface area contributed by atoms with Crippen LogP contribution in [0.5, 0.6) is 5.75 Å². The number of likely N-dealkylation sites (tertiary alicyclic amines) is 1. The second-order valence-electron chi connectivity index (χ2n) is 5.03. The lowest BCUT2D eigenvalue weighted by Gasteiger charge is -2.35. The van der Waals surface area contributed by atoms with E-state index in [-0.39, 0.29) is 17.7 Å². The first-order chi connectivity index (χ1) is 8.99. The predicted octanol–water partition coefficient (Wildman–Crippen LogP) is 2.90. The number of rotatable bonds is 3. The van der Waals surface area contributed by atoms with Crippen LogP contribution in [0.15, 0.2) is 18.2 Å². The molecule has 0 amide bonds. The summed E-state index contributed by atoms with van der Waals surface area (Å²) in [6, 6.07) is 5.06. The quantitative estimate of drug-likeness (QED) is 0.895. The van der Waals surface area contributed by atoms with Gasteiger partial charge in [0.2, 0.25) is 0 Å². The maximum absolute atomic E-state index is 10.9. The molecular weight excluding hydrogens is 266 g/mol. The first-order valence-corrected chi connectivity index (χ1v) is 6.82. The van der Waals surface area contributed by atoms with Gasteiger partial charge in [-0.2, -0.15) is 0 Å². The van der Waals surface area contributed by atoms with Gasteiger partial charge in [-0.25, -0.2) is 0 Å². The van der Waals surface area contributed by atoms with Crippen LogP contribution in [0.1, 0.15) is 31.4 Å². The van der Waals surface area contributed by atoms with E-state index in [9.17, 15) is 9.90 Å². The average molecular weight is 284 g/mol. The van der Waals surface area contributed by atoms with Crippen molar-refractivity contribution >= 4 is 17.6 Å². The molecule has 4 nitrogen and oxygen atoms in total. The van der Waals surface area contributed by atoms with Crippen molar-refractivity contribution in [1.82, 2.24) is 4.90 Å². The molecule has 1 aliphatic rings. The molecule has 0 bridgehead atoms. The van der Waals surface area contributed by atoms with Crippen molar-refractivity contribution in [2.24, 2.45) is 5.92 Å². The van der Waals surface area contributed by atoms with Crippen LogP contribution in [0.25, 0.3) is 0 Å². The lowest BCUT2D eigenvalue weighted by molar-refractivity contribution is -0.143. The Morgan fingerprint density at radius 2 is 2.05 bits per heavy atom. The lowest BCUT2D eigenvalue weighted by atomic mass is 9.94. The van der Waals surface area contributed by atoms with Gasteiger partial charge in [-0.15, -0.1) is 0 Å². The third-order valence-corrected chi connectivity index (χ3v) is 4.10. The van der Waals surface area contributed by atoms with E-state index in [1.165, 1.54) is 0 Å². The Kier molecular flexibility index (Phi) is 4.32. The van der Waals surface area contributed by atoms with Crippen molar-refractivity contribution in [2.45, 2.75) is 25.8 Å². The molecule has 5 heteroatoms. The molecule has 1 atom stereocenters. The van der Waals surface area contributed by atoms with Crippen LogP contribution in [0.3, 0.4) is 0 Å². The number of carboxylic acid groups (broad SMARTS) is 1. The van der Waals surface area contributed by atoms with Crippen molar-refractivity contribution in [2.75, 3.05) is 13.1 Å². The number of aliphatic carboxylic acids is 1. The minimum Gasteiger partial charge on any atom is -0.508 e. The van der Waals surface area contributed by atoms with E-state index in [0.717, 1.165) is 18.7 Å². The molecule has 0 aromatic heterocycles. The standard InChI is InChI=1S/C14H18ClNO3/c1-9(12-8-11(15)2-3-13(12)17)16-6-4-10(5-7-16)14(18)19/h2-3,8-10,17H,4-7H2,1H3,(H,18,19). The van der Waals surface area contributed by atoms with Gasteiger partial charge in [0.05, 0.1) is 5.92 Å². The largest absolute Gasteiger partial charge is 0.508 e. The number of phenols is 1. The number of halogens is 1. The summed E-state index contributed by atoms with van der Waals surface area (Å²) in [4.78, 5) is 13.1. The summed E-state index contributed by atoms with van der Waals surface area (Å²) in [5, 5.41) is 19.5. The van der Waals surface area contributed by atoms with Gasteiger partial charge in [-0.05, 0) is 51.1 Å². The van der Waals surface area contributed by atoms with Crippen molar-refractivity contribution in [3.05, 3.63) is 28.8 Å². The number of carbonyl (C=O) groups is 1. The molecule has 0 saturated carbocycles. The van der Waals surface area contributed by atoms with Crippen LogP contribution >= 0.6 is 11.6 Å². The second kappa shape index (κ2) is 5.80. The van der Waals surface area contributed by atoms with Crippen LogP contribution in [0, 0.1) is 5.92 Å². The SMILES string of the molecule is CC(c1cc(Cl)ccc1O)N1CCC(C(=O)O)CC1. The first-order valence-electron chi connectivity index (χ1n) is 6.44. The van der Waals surface area contributed by atoms with Crippen molar-refractivity contribution in [1.29, 1.82) is 0 Å². The zero-order valence-corrected chi connectivity index (χ0v) is 11.6. The summed E-state index contributed by atoms with van der Waals surface area (Å²) in [6.07, 6.45) is 1.31. The number of phenolic OH excluding ortho intramolecular Hbond substituents is 1. The van der Waals surface area contributed by atoms with Gasteiger partial charge < -0.3 is 10.2 Å². The summed E-state index contributed by atoms with van der Waals surface area (Å²) in [6.45, 7) is 3.46. The van der Waals surface area contributed by atoms with Crippen LogP contribution in [0.4, 0.5) is 0 Å². The van der Waals surface area contributed by atoms with Gasteiger partial charge in [0.25, 0.3) is 0 Å². The first kappa shape index (κ1) is 14.2. The van der Waals surface area contributed by atoms with Crippen LogP contribution in [-0.2, 0) is 4.79 Å². The highest BCUT2D eigenvalue weighted by molar-refractivity contribution is 6.30. The van der Waals surface area contributed by atoms with Crippen molar-refractivity contribution in [3.8, 4) is 5.75 Å². The summed E-state index contributed by atoms with van der Waals surface area (Å²) < 4.78 is 0. The molecule has 0 aliphatic carbocycles. The number of hydrogen-bond donors (Lipinski definition) is 2. The molecule has 0 spiro atoms. The minimum absolute atomic E-state index is 0.0356. The normalized spacial score (nSPS) is 19.3. The molecule has 1 aliphatic heterocycles. The fraction of sp³-hybridized carbons (Fsp3) is 0.500.